The third-order valence-corrected chi connectivity index (χ3v) is 5.06. The highest BCUT2D eigenvalue weighted by atomic mass is 79.9. The molecule has 10 heteroatoms. The third-order valence-electron chi connectivity index (χ3n) is 4.57. The Kier molecular flexibility index (Phi) is 7.51. The lowest BCUT2D eigenvalue weighted by Crippen LogP contribution is -2.07. The van der Waals surface area contributed by atoms with Gasteiger partial charge in [-0.05, 0) is 54.6 Å². The van der Waals surface area contributed by atoms with Crippen molar-refractivity contribution in [3.8, 4) is 11.5 Å². The van der Waals surface area contributed by atoms with Crippen molar-refractivity contribution in [1.82, 2.24) is 15.0 Å². The largest absolute Gasteiger partial charge is 0.497 e. The molecule has 9 nitrogen and oxygen atoms in total. The fourth-order valence-corrected chi connectivity index (χ4v) is 3.34. The van der Waals surface area contributed by atoms with Gasteiger partial charge in [-0.1, -0.05) is 34.1 Å². The van der Waals surface area contributed by atoms with E-state index in [-0.39, 0.29) is 5.95 Å². The van der Waals surface area contributed by atoms with Gasteiger partial charge in [0.15, 0.2) is 0 Å². The highest BCUT2D eigenvalue weighted by Crippen LogP contribution is 2.22. The first-order valence-electron chi connectivity index (χ1n) is 10.2. The van der Waals surface area contributed by atoms with Gasteiger partial charge in [0.1, 0.15) is 11.5 Å². The molecule has 0 atom stereocenters. The SMILES string of the molecule is COc1ccc(Nc2nc(NN=Cc3cc(Br)ccc3OC)nc(Nc3ccccc3)n2)cc1. The fourth-order valence-electron chi connectivity index (χ4n) is 2.96. The van der Waals surface area contributed by atoms with E-state index in [0.29, 0.717) is 17.6 Å². The number of methoxy groups -OCH3 is 2. The van der Waals surface area contributed by atoms with E-state index in [9.17, 15) is 0 Å². The van der Waals surface area contributed by atoms with E-state index in [1.807, 2.05) is 72.8 Å². The maximum atomic E-state index is 5.38. The zero-order valence-electron chi connectivity index (χ0n) is 18.5. The van der Waals surface area contributed by atoms with Crippen molar-refractivity contribution in [3.63, 3.8) is 0 Å². The van der Waals surface area contributed by atoms with E-state index in [2.05, 4.69) is 52.0 Å². The summed E-state index contributed by atoms with van der Waals surface area (Å²) in [6, 6.07) is 22.7. The maximum Gasteiger partial charge on any atom is 0.250 e. The van der Waals surface area contributed by atoms with Crippen LogP contribution < -0.4 is 25.5 Å². The van der Waals surface area contributed by atoms with Gasteiger partial charge < -0.3 is 20.1 Å². The van der Waals surface area contributed by atoms with Crippen LogP contribution in [0.25, 0.3) is 0 Å². The van der Waals surface area contributed by atoms with Gasteiger partial charge in [0, 0.05) is 21.4 Å². The van der Waals surface area contributed by atoms with Gasteiger partial charge in [-0.25, -0.2) is 5.43 Å². The molecule has 0 bridgehead atoms. The molecule has 0 aliphatic heterocycles. The zero-order valence-corrected chi connectivity index (χ0v) is 20.1. The predicted octanol–water partition coefficient (Wildman–Crippen LogP) is 5.58. The Morgan fingerprint density at radius 1 is 0.765 bits per heavy atom. The van der Waals surface area contributed by atoms with Gasteiger partial charge in [0.2, 0.25) is 17.8 Å². The summed E-state index contributed by atoms with van der Waals surface area (Å²) in [5, 5.41) is 10.6. The molecule has 0 fully saturated rings. The smallest absolute Gasteiger partial charge is 0.250 e. The second-order valence-corrected chi connectivity index (χ2v) is 7.82. The molecular formula is C24H22BrN7O2. The van der Waals surface area contributed by atoms with E-state index < -0.39 is 0 Å². The summed E-state index contributed by atoms with van der Waals surface area (Å²) in [7, 11) is 3.23. The monoisotopic (exact) mass is 519 g/mol. The van der Waals surface area contributed by atoms with Gasteiger partial charge in [-0.3, -0.25) is 0 Å². The number of hydrazone groups is 1. The fraction of sp³-hybridized carbons (Fsp3) is 0.0833. The molecule has 0 spiro atoms. The molecule has 0 aliphatic carbocycles. The second kappa shape index (κ2) is 11.1. The first-order chi connectivity index (χ1) is 16.6. The van der Waals surface area contributed by atoms with Crippen molar-refractivity contribution >= 4 is 51.4 Å². The van der Waals surface area contributed by atoms with Crippen molar-refractivity contribution < 1.29 is 9.47 Å². The number of anilines is 5. The second-order valence-electron chi connectivity index (χ2n) is 6.91. The molecule has 0 aliphatic rings. The van der Waals surface area contributed by atoms with Gasteiger partial charge in [0.05, 0.1) is 20.4 Å². The van der Waals surface area contributed by atoms with Crippen molar-refractivity contribution in [3.05, 3.63) is 82.8 Å². The minimum absolute atomic E-state index is 0.259. The van der Waals surface area contributed by atoms with Crippen LogP contribution in [0.3, 0.4) is 0 Å². The molecule has 172 valence electrons. The normalized spacial score (nSPS) is 10.7. The summed E-state index contributed by atoms with van der Waals surface area (Å²) in [5.74, 6) is 2.41. The van der Waals surface area contributed by atoms with Gasteiger partial charge >= 0.3 is 0 Å². The molecule has 3 N–H and O–H groups in total. The number of nitrogens with one attached hydrogen (secondary N) is 3. The summed E-state index contributed by atoms with van der Waals surface area (Å²) >= 11 is 3.46. The first kappa shape index (κ1) is 23.0. The standard InChI is InChI=1S/C24H22BrN7O2/c1-33-20-11-9-19(10-12-20)28-23-29-22(27-18-6-4-3-5-7-18)30-24(31-23)32-26-15-16-14-17(25)8-13-21(16)34-2/h3-15H,1-2H3,(H3,27,28,29,30,31,32). The molecule has 0 unspecified atom stereocenters. The number of benzene rings is 3. The number of halogens is 1. The third kappa shape index (κ3) is 6.20. The highest BCUT2D eigenvalue weighted by molar-refractivity contribution is 9.10. The van der Waals surface area contributed by atoms with Gasteiger partial charge in [0.25, 0.3) is 0 Å². The Balaban J connectivity index is 1.59. The van der Waals surface area contributed by atoms with Crippen LogP contribution in [0.1, 0.15) is 5.56 Å². The lowest BCUT2D eigenvalue weighted by Gasteiger charge is -2.10. The van der Waals surface area contributed by atoms with Gasteiger partial charge in [-0.2, -0.15) is 20.1 Å². The van der Waals surface area contributed by atoms with E-state index in [1.165, 1.54) is 0 Å². The van der Waals surface area contributed by atoms with Crippen LogP contribution >= 0.6 is 15.9 Å². The van der Waals surface area contributed by atoms with E-state index in [4.69, 9.17) is 9.47 Å². The Morgan fingerprint density at radius 2 is 1.41 bits per heavy atom. The molecular weight excluding hydrogens is 498 g/mol. The Labute approximate surface area is 205 Å². The predicted molar refractivity (Wildman–Crippen MR) is 138 cm³/mol. The topological polar surface area (TPSA) is 106 Å². The average molecular weight is 520 g/mol. The molecule has 0 saturated carbocycles. The first-order valence-corrected chi connectivity index (χ1v) is 11.0. The van der Waals surface area contributed by atoms with Crippen LogP contribution in [0.5, 0.6) is 11.5 Å². The number of hydrogen-bond acceptors (Lipinski definition) is 9. The van der Waals surface area contributed by atoms with Crippen molar-refractivity contribution in [2.75, 3.05) is 30.3 Å². The number of para-hydroxylation sites is 1. The van der Waals surface area contributed by atoms with Crippen LogP contribution in [-0.4, -0.2) is 35.4 Å². The quantitative estimate of drug-likeness (QED) is 0.194. The average Bonchev–Trinajstić information content (AvgIpc) is 2.85. The zero-order chi connectivity index (χ0) is 23.8. The van der Waals surface area contributed by atoms with E-state index in [0.717, 1.165) is 27.2 Å². The van der Waals surface area contributed by atoms with Gasteiger partial charge in [-0.15, -0.1) is 0 Å². The molecule has 4 aromatic rings. The lowest BCUT2D eigenvalue weighted by atomic mass is 10.2. The van der Waals surface area contributed by atoms with Crippen LogP contribution in [0.4, 0.5) is 29.2 Å². The lowest BCUT2D eigenvalue weighted by molar-refractivity contribution is 0.414. The number of ether oxygens (including phenoxy) is 2. The van der Waals surface area contributed by atoms with Crippen LogP contribution in [0.15, 0.2) is 82.4 Å². The molecule has 0 radical (unpaired) electrons. The highest BCUT2D eigenvalue weighted by Gasteiger charge is 2.08. The Morgan fingerprint density at radius 3 is 2.06 bits per heavy atom. The molecule has 3 aromatic carbocycles. The number of nitrogens with zero attached hydrogens (tertiary/aromatic N) is 4. The van der Waals surface area contributed by atoms with Crippen molar-refractivity contribution in [1.29, 1.82) is 0 Å². The summed E-state index contributed by atoms with van der Waals surface area (Å²) < 4.78 is 11.5. The van der Waals surface area contributed by atoms with Crippen LogP contribution in [-0.2, 0) is 0 Å². The minimum atomic E-state index is 0.259. The van der Waals surface area contributed by atoms with Crippen molar-refractivity contribution in [2.24, 2.45) is 5.10 Å². The van der Waals surface area contributed by atoms with E-state index >= 15 is 0 Å². The minimum Gasteiger partial charge on any atom is -0.497 e. The molecule has 34 heavy (non-hydrogen) atoms. The van der Waals surface area contributed by atoms with Crippen LogP contribution in [0.2, 0.25) is 0 Å². The Bertz CT molecular complexity index is 1270. The molecule has 1 aromatic heterocycles. The van der Waals surface area contributed by atoms with Crippen LogP contribution in [0, 0.1) is 0 Å². The summed E-state index contributed by atoms with van der Waals surface area (Å²) in [4.78, 5) is 13.3. The molecule has 0 amide bonds. The summed E-state index contributed by atoms with van der Waals surface area (Å²) in [6.45, 7) is 0. The molecule has 0 saturated heterocycles. The molecule has 1 heterocycles. The number of aromatic nitrogens is 3. The molecule has 4 rings (SSSR count). The van der Waals surface area contributed by atoms with Crippen molar-refractivity contribution in [2.45, 2.75) is 0 Å². The number of rotatable bonds is 9. The maximum absolute atomic E-state index is 5.38. The summed E-state index contributed by atoms with van der Waals surface area (Å²) in [5.41, 5.74) is 5.30. The van der Waals surface area contributed by atoms with E-state index in [1.54, 1.807) is 20.4 Å². The number of hydrogen-bond donors (Lipinski definition) is 3. The summed E-state index contributed by atoms with van der Waals surface area (Å²) in [6.07, 6.45) is 1.63. The Hall–Kier alpha value is -4.18.